The van der Waals surface area contributed by atoms with Crippen molar-refractivity contribution in [3.05, 3.63) is 76.0 Å². The minimum absolute atomic E-state index is 0.0727. The quantitative estimate of drug-likeness (QED) is 0.528. The van der Waals surface area contributed by atoms with Gasteiger partial charge in [0.2, 0.25) is 0 Å². The second-order valence-electron chi connectivity index (χ2n) is 7.50. The van der Waals surface area contributed by atoms with Gasteiger partial charge in [-0.3, -0.25) is 9.69 Å². The zero-order valence-electron chi connectivity index (χ0n) is 16.2. The van der Waals surface area contributed by atoms with Crippen LogP contribution in [-0.2, 0) is 26.6 Å². The van der Waals surface area contributed by atoms with Crippen LogP contribution in [0.4, 0.5) is 5.69 Å². The van der Waals surface area contributed by atoms with E-state index in [1.807, 2.05) is 49.5 Å². The van der Waals surface area contributed by atoms with Crippen molar-refractivity contribution in [3.63, 3.8) is 0 Å². The van der Waals surface area contributed by atoms with Crippen LogP contribution in [0.3, 0.4) is 0 Å². The molecule has 3 heterocycles. The molecule has 7 nitrogen and oxygen atoms in total. The molecule has 7 heteroatoms. The van der Waals surface area contributed by atoms with E-state index in [0.29, 0.717) is 24.6 Å². The fourth-order valence-electron chi connectivity index (χ4n) is 3.93. The minimum Gasteiger partial charge on any atom is -0.399 e. The summed E-state index contributed by atoms with van der Waals surface area (Å²) in [5, 5.41) is 0. The Kier molecular flexibility index (Phi) is 4.17. The van der Waals surface area contributed by atoms with Gasteiger partial charge in [0.05, 0.1) is 28.8 Å². The van der Waals surface area contributed by atoms with Crippen molar-refractivity contribution in [1.82, 2.24) is 24.4 Å². The van der Waals surface area contributed by atoms with Gasteiger partial charge in [-0.05, 0) is 36.4 Å². The minimum atomic E-state index is -0.0727. The van der Waals surface area contributed by atoms with Crippen molar-refractivity contribution in [3.8, 4) is 11.4 Å². The Bertz CT molecular complexity index is 1250. The molecule has 0 spiro atoms. The maximum Gasteiger partial charge on any atom is 0.255 e. The van der Waals surface area contributed by atoms with E-state index in [4.69, 9.17) is 15.7 Å². The number of hydrogen-bond donors (Lipinski definition) is 2. The van der Waals surface area contributed by atoms with E-state index < -0.39 is 0 Å². The average Bonchev–Trinajstić information content (AvgIpc) is 3.04. The molecule has 0 saturated heterocycles. The zero-order chi connectivity index (χ0) is 20.0. The summed E-state index contributed by atoms with van der Waals surface area (Å²) in [7, 11) is 2.04. The first kappa shape index (κ1) is 17.6. The number of aromatic nitrogens is 4. The molecule has 0 bridgehead atoms. The normalized spacial score (nSPS) is 14.2. The fraction of sp³-hybridized carbons (Fsp3) is 0.227. The first-order valence-electron chi connectivity index (χ1n) is 9.69. The molecular weight excluding hydrogens is 364 g/mol. The Balaban J connectivity index is 1.41. The summed E-state index contributed by atoms with van der Waals surface area (Å²) in [6.45, 7) is 2.11. The van der Waals surface area contributed by atoms with E-state index in [2.05, 4.69) is 20.5 Å². The summed E-state index contributed by atoms with van der Waals surface area (Å²) >= 11 is 0. The summed E-state index contributed by atoms with van der Waals surface area (Å²) in [5.41, 5.74) is 11.0. The molecule has 0 unspecified atom stereocenters. The summed E-state index contributed by atoms with van der Waals surface area (Å²) in [5.74, 6) is 1.59. The van der Waals surface area contributed by atoms with Gasteiger partial charge >= 0.3 is 0 Å². The molecule has 0 amide bonds. The molecule has 0 fully saturated rings. The smallest absolute Gasteiger partial charge is 0.255 e. The van der Waals surface area contributed by atoms with Crippen LogP contribution in [-0.4, -0.2) is 31.0 Å². The highest BCUT2D eigenvalue weighted by Crippen LogP contribution is 2.22. The predicted molar refractivity (Wildman–Crippen MR) is 113 cm³/mol. The Morgan fingerprint density at radius 2 is 1.90 bits per heavy atom. The number of benzene rings is 2. The highest BCUT2D eigenvalue weighted by molar-refractivity contribution is 5.75. The first-order valence-corrected chi connectivity index (χ1v) is 9.69. The number of anilines is 1. The first-order chi connectivity index (χ1) is 14.1. The van der Waals surface area contributed by atoms with Crippen molar-refractivity contribution in [2.45, 2.75) is 19.5 Å². The van der Waals surface area contributed by atoms with Gasteiger partial charge in [0.25, 0.3) is 5.56 Å². The second kappa shape index (κ2) is 6.86. The van der Waals surface area contributed by atoms with Crippen LogP contribution < -0.4 is 11.3 Å². The number of nitrogens with two attached hydrogens (primary N) is 1. The van der Waals surface area contributed by atoms with E-state index in [-0.39, 0.29) is 5.56 Å². The van der Waals surface area contributed by atoms with Gasteiger partial charge in [-0.1, -0.05) is 12.1 Å². The topological polar surface area (TPSA) is 92.8 Å². The molecule has 2 aromatic heterocycles. The van der Waals surface area contributed by atoms with Crippen molar-refractivity contribution < 1.29 is 0 Å². The van der Waals surface area contributed by atoms with Gasteiger partial charge in [-0.25, -0.2) is 9.97 Å². The van der Waals surface area contributed by atoms with Crippen LogP contribution in [0.1, 0.15) is 17.1 Å². The Morgan fingerprint density at radius 3 is 2.69 bits per heavy atom. The number of nitrogen functional groups attached to an aromatic ring is 1. The van der Waals surface area contributed by atoms with E-state index in [0.717, 1.165) is 46.6 Å². The van der Waals surface area contributed by atoms with Gasteiger partial charge in [0.1, 0.15) is 11.6 Å². The summed E-state index contributed by atoms with van der Waals surface area (Å²) < 4.78 is 2.12. The lowest BCUT2D eigenvalue weighted by molar-refractivity contribution is 0.234. The van der Waals surface area contributed by atoms with Crippen LogP contribution in [0.2, 0.25) is 0 Å². The molecular formula is C22H22N6O. The molecule has 0 saturated carbocycles. The zero-order valence-corrected chi connectivity index (χ0v) is 16.2. The SMILES string of the molecule is Cn1c(CN2CCc3nc(-c4ccc(N)cc4)[nH]c(=O)c3C2)nc2ccccc21. The van der Waals surface area contributed by atoms with Crippen molar-refractivity contribution in [2.24, 2.45) is 7.05 Å². The monoisotopic (exact) mass is 386 g/mol. The molecule has 3 N–H and O–H groups in total. The van der Waals surface area contributed by atoms with Gasteiger partial charge < -0.3 is 15.3 Å². The number of rotatable bonds is 3. The van der Waals surface area contributed by atoms with Crippen LogP contribution >= 0.6 is 0 Å². The molecule has 4 aromatic rings. The van der Waals surface area contributed by atoms with Crippen molar-refractivity contribution in [1.29, 1.82) is 0 Å². The molecule has 0 aliphatic carbocycles. The third-order valence-corrected chi connectivity index (χ3v) is 5.58. The number of fused-ring (bicyclic) bond motifs is 2. The molecule has 29 heavy (non-hydrogen) atoms. The molecule has 0 radical (unpaired) electrons. The number of aromatic amines is 1. The van der Waals surface area contributed by atoms with E-state index in [9.17, 15) is 4.79 Å². The number of imidazole rings is 1. The molecule has 146 valence electrons. The van der Waals surface area contributed by atoms with Crippen LogP contribution in [0.25, 0.3) is 22.4 Å². The number of nitrogens with zero attached hydrogens (tertiary/aromatic N) is 4. The highest BCUT2D eigenvalue weighted by Gasteiger charge is 2.23. The Hall–Kier alpha value is -3.45. The maximum absolute atomic E-state index is 12.8. The largest absolute Gasteiger partial charge is 0.399 e. The summed E-state index contributed by atoms with van der Waals surface area (Å²) in [4.78, 5) is 27.4. The van der Waals surface area contributed by atoms with Crippen molar-refractivity contribution >= 4 is 16.7 Å². The van der Waals surface area contributed by atoms with Gasteiger partial charge in [0.15, 0.2) is 0 Å². The standard InChI is InChI=1S/C22H22N6O/c1-27-19-5-3-2-4-18(19)24-20(27)13-28-11-10-17-16(12-28)22(29)26-21(25-17)14-6-8-15(23)9-7-14/h2-9H,10-13,23H2,1H3,(H,25,26,29). The van der Waals surface area contributed by atoms with Gasteiger partial charge in [-0.15, -0.1) is 0 Å². The van der Waals surface area contributed by atoms with Crippen LogP contribution in [0.5, 0.6) is 0 Å². The number of hydrogen-bond acceptors (Lipinski definition) is 5. The number of H-pyrrole nitrogens is 1. The second-order valence-corrected chi connectivity index (χ2v) is 7.50. The molecule has 0 atom stereocenters. The summed E-state index contributed by atoms with van der Waals surface area (Å²) in [6.07, 6.45) is 0.741. The molecule has 5 rings (SSSR count). The third kappa shape index (κ3) is 3.19. The third-order valence-electron chi connectivity index (χ3n) is 5.58. The predicted octanol–water partition coefficient (Wildman–Crippen LogP) is 2.46. The van der Waals surface area contributed by atoms with E-state index in [1.54, 1.807) is 0 Å². The number of nitrogens with one attached hydrogen (secondary N) is 1. The fourth-order valence-corrected chi connectivity index (χ4v) is 3.93. The maximum atomic E-state index is 12.8. The Labute approximate surface area is 167 Å². The highest BCUT2D eigenvalue weighted by atomic mass is 16.1. The molecule has 2 aromatic carbocycles. The average molecular weight is 386 g/mol. The van der Waals surface area contributed by atoms with E-state index in [1.165, 1.54) is 0 Å². The molecule has 1 aliphatic heterocycles. The Morgan fingerprint density at radius 1 is 1.10 bits per heavy atom. The molecule has 1 aliphatic rings. The van der Waals surface area contributed by atoms with E-state index >= 15 is 0 Å². The van der Waals surface area contributed by atoms with Crippen LogP contribution in [0, 0.1) is 0 Å². The van der Waals surface area contributed by atoms with Crippen molar-refractivity contribution in [2.75, 3.05) is 12.3 Å². The number of aryl methyl sites for hydroxylation is 1. The summed E-state index contributed by atoms with van der Waals surface area (Å²) in [6, 6.07) is 15.5. The lowest BCUT2D eigenvalue weighted by atomic mass is 10.1. The van der Waals surface area contributed by atoms with Crippen LogP contribution in [0.15, 0.2) is 53.3 Å². The number of para-hydroxylation sites is 2. The lowest BCUT2D eigenvalue weighted by Crippen LogP contribution is -2.36. The lowest BCUT2D eigenvalue weighted by Gasteiger charge is -2.27. The van der Waals surface area contributed by atoms with Gasteiger partial charge in [0, 0.05) is 37.8 Å². The van der Waals surface area contributed by atoms with Gasteiger partial charge in [-0.2, -0.15) is 0 Å².